The van der Waals surface area contributed by atoms with Crippen molar-refractivity contribution in [2.45, 2.75) is 57.0 Å². The van der Waals surface area contributed by atoms with E-state index >= 15 is 0 Å². The van der Waals surface area contributed by atoms with Crippen LogP contribution in [0.4, 0.5) is 0 Å². The fourth-order valence-electron chi connectivity index (χ4n) is 3.87. The van der Waals surface area contributed by atoms with Crippen molar-refractivity contribution < 1.29 is 14.3 Å². The van der Waals surface area contributed by atoms with Crippen LogP contribution < -0.4 is 10.1 Å². The molecule has 0 saturated heterocycles. The van der Waals surface area contributed by atoms with Gasteiger partial charge in [-0.2, -0.15) is 0 Å². The van der Waals surface area contributed by atoms with Gasteiger partial charge in [0.1, 0.15) is 11.8 Å². The Hall–Kier alpha value is -1.99. The highest BCUT2D eigenvalue weighted by Crippen LogP contribution is 2.21. The monoisotopic (exact) mass is 518 g/mol. The average molecular weight is 520 g/mol. The van der Waals surface area contributed by atoms with Gasteiger partial charge in [-0.15, -0.1) is 11.8 Å². The van der Waals surface area contributed by atoms with Crippen molar-refractivity contribution in [3.05, 3.63) is 64.1 Å². The number of benzene rings is 2. The Kier molecular flexibility index (Phi) is 9.48. The molecule has 3 rings (SSSR count). The van der Waals surface area contributed by atoms with E-state index in [1.54, 1.807) is 23.8 Å². The molecule has 32 heavy (non-hydrogen) atoms. The van der Waals surface area contributed by atoms with Crippen LogP contribution >= 0.6 is 27.7 Å². The molecule has 1 fully saturated rings. The number of hydrogen-bond acceptors (Lipinski definition) is 4. The number of methoxy groups -OCH3 is 1. The molecule has 1 atom stereocenters. The lowest BCUT2D eigenvalue weighted by molar-refractivity contribution is -0.138. The van der Waals surface area contributed by atoms with Crippen LogP contribution in [0.5, 0.6) is 5.75 Å². The van der Waals surface area contributed by atoms with Crippen LogP contribution in [0, 0.1) is 0 Å². The average Bonchev–Trinajstić information content (AvgIpc) is 3.30. The summed E-state index contributed by atoms with van der Waals surface area (Å²) in [5, 5.41) is 3.14. The maximum atomic E-state index is 13.2. The minimum Gasteiger partial charge on any atom is -0.497 e. The van der Waals surface area contributed by atoms with Crippen molar-refractivity contribution >= 4 is 39.5 Å². The number of thioether (sulfide) groups is 1. The highest BCUT2D eigenvalue weighted by atomic mass is 79.9. The first-order valence-electron chi connectivity index (χ1n) is 11.0. The predicted octanol–water partition coefficient (Wildman–Crippen LogP) is 5.17. The standard InChI is InChI=1S/C25H31BrN2O3S/c1-18(25(30)27-22-8-3-4-9-22)28(15-20-6-5-7-21(26)14-20)24(29)17-32-16-19-10-12-23(31-2)13-11-19/h5-7,10-14,18,22H,3-4,8-9,15-17H2,1-2H3,(H,27,30)/t18-/m0/s1. The third kappa shape index (κ3) is 7.27. The molecule has 0 bridgehead atoms. The van der Waals surface area contributed by atoms with Crippen LogP contribution in [-0.4, -0.2) is 41.7 Å². The summed E-state index contributed by atoms with van der Waals surface area (Å²) in [6.07, 6.45) is 4.36. The number of nitrogens with one attached hydrogen (secondary N) is 1. The summed E-state index contributed by atoms with van der Waals surface area (Å²) in [7, 11) is 1.65. The largest absolute Gasteiger partial charge is 0.497 e. The quantitative estimate of drug-likeness (QED) is 0.471. The van der Waals surface area contributed by atoms with E-state index in [-0.39, 0.29) is 17.9 Å². The lowest BCUT2D eigenvalue weighted by Gasteiger charge is -2.29. The molecular formula is C25H31BrN2O3S. The Bertz CT molecular complexity index is 900. The van der Waals surface area contributed by atoms with E-state index < -0.39 is 6.04 Å². The normalized spacial score (nSPS) is 14.7. The molecule has 2 aromatic carbocycles. The van der Waals surface area contributed by atoms with Gasteiger partial charge in [-0.05, 0) is 55.2 Å². The van der Waals surface area contributed by atoms with Crippen molar-refractivity contribution in [1.29, 1.82) is 0 Å². The Balaban J connectivity index is 1.63. The second kappa shape index (κ2) is 12.3. The number of amides is 2. The van der Waals surface area contributed by atoms with Gasteiger partial charge in [0.25, 0.3) is 0 Å². The smallest absolute Gasteiger partial charge is 0.242 e. The predicted molar refractivity (Wildman–Crippen MR) is 134 cm³/mol. The molecule has 172 valence electrons. The van der Waals surface area contributed by atoms with Gasteiger partial charge in [-0.3, -0.25) is 9.59 Å². The number of nitrogens with zero attached hydrogens (tertiary/aromatic N) is 1. The maximum Gasteiger partial charge on any atom is 0.242 e. The van der Waals surface area contributed by atoms with E-state index in [1.807, 2.05) is 55.5 Å². The zero-order valence-electron chi connectivity index (χ0n) is 18.7. The minimum absolute atomic E-state index is 0.0300. The second-order valence-electron chi connectivity index (χ2n) is 8.16. The van der Waals surface area contributed by atoms with Gasteiger partial charge < -0.3 is 15.0 Å². The summed E-state index contributed by atoms with van der Waals surface area (Å²) < 4.78 is 6.15. The van der Waals surface area contributed by atoms with Gasteiger partial charge in [0.15, 0.2) is 0 Å². The summed E-state index contributed by atoms with van der Waals surface area (Å²) in [5.41, 5.74) is 2.13. The van der Waals surface area contributed by atoms with Gasteiger partial charge in [0.2, 0.25) is 11.8 Å². The third-order valence-electron chi connectivity index (χ3n) is 5.76. The van der Waals surface area contributed by atoms with E-state index in [2.05, 4.69) is 21.2 Å². The zero-order valence-corrected chi connectivity index (χ0v) is 21.1. The Morgan fingerprint density at radius 1 is 1.16 bits per heavy atom. The van der Waals surface area contributed by atoms with Gasteiger partial charge in [-0.25, -0.2) is 0 Å². The topological polar surface area (TPSA) is 58.6 Å². The van der Waals surface area contributed by atoms with Crippen LogP contribution in [0.25, 0.3) is 0 Å². The maximum absolute atomic E-state index is 13.2. The van der Waals surface area contributed by atoms with E-state index in [0.29, 0.717) is 12.3 Å². The fourth-order valence-corrected chi connectivity index (χ4v) is 5.18. The molecular weight excluding hydrogens is 488 g/mol. The first kappa shape index (κ1) is 24.6. The first-order valence-corrected chi connectivity index (χ1v) is 13.0. The van der Waals surface area contributed by atoms with E-state index in [9.17, 15) is 9.59 Å². The number of carbonyl (C=O) groups excluding carboxylic acids is 2. The fraction of sp³-hybridized carbons (Fsp3) is 0.440. The molecule has 1 aliphatic rings. The van der Waals surface area contributed by atoms with E-state index in [0.717, 1.165) is 52.8 Å². The van der Waals surface area contributed by atoms with Gasteiger partial charge in [-0.1, -0.05) is 53.0 Å². The van der Waals surface area contributed by atoms with Crippen LogP contribution in [0.1, 0.15) is 43.7 Å². The molecule has 1 saturated carbocycles. The number of carbonyl (C=O) groups is 2. The Morgan fingerprint density at radius 2 is 1.88 bits per heavy atom. The molecule has 1 N–H and O–H groups in total. The summed E-state index contributed by atoms with van der Waals surface area (Å²) >= 11 is 5.05. The number of hydrogen-bond donors (Lipinski definition) is 1. The van der Waals surface area contributed by atoms with Crippen molar-refractivity contribution in [3.8, 4) is 5.75 Å². The molecule has 2 amide bonds. The van der Waals surface area contributed by atoms with E-state index in [4.69, 9.17) is 4.74 Å². The lowest BCUT2D eigenvalue weighted by Crippen LogP contribution is -2.50. The van der Waals surface area contributed by atoms with Gasteiger partial charge in [0, 0.05) is 22.8 Å². The molecule has 0 unspecified atom stereocenters. The van der Waals surface area contributed by atoms with Crippen molar-refractivity contribution in [2.75, 3.05) is 12.9 Å². The molecule has 2 aromatic rings. The molecule has 1 aliphatic carbocycles. The third-order valence-corrected chi connectivity index (χ3v) is 7.25. The Labute approximate surface area is 203 Å². The van der Waals surface area contributed by atoms with Crippen LogP contribution in [-0.2, 0) is 21.9 Å². The molecule has 0 radical (unpaired) electrons. The highest BCUT2D eigenvalue weighted by Gasteiger charge is 2.28. The zero-order chi connectivity index (χ0) is 22.9. The first-order chi connectivity index (χ1) is 15.5. The van der Waals surface area contributed by atoms with Gasteiger partial charge in [0.05, 0.1) is 12.9 Å². The molecule has 5 nitrogen and oxygen atoms in total. The minimum atomic E-state index is -0.524. The van der Waals surface area contributed by atoms with Crippen LogP contribution in [0.15, 0.2) is 53.0 Å². The summed E-state index contributed by atoms with van der Waals surface area (Å²) in [6, 6.07) is 15.4. The molecule has 0 aromatic heterocycles. The van der Waals surface area contributed by atoms with Crippen molar-refractivity contribution in [2.24, 2.45) is 0 Å². The van der Waals surface area contributed by atoms with Crippen molar-refractivity contribution in [3.63, 3.8) is 0 Å². The van der Waals surface area contributed by atoms with E-state index in [1.165, 1.54) is 0 Å². The number of halogens is 1. The molecule has 0 aliphatic heterocycles. The Morgan fingerprint density at radius 3 is 2.53 bits per heavy atom. The van der Waals surface area contributed by atoms with Crippen molar-refractivity contribution in [1.82, 2.24) is 10.2 Å². The molecule has 7 heteroatoms. The molecule has 0 heterocycles. The van der Waals surface area contributed by atoms with Crippen LogP contribution in [0.3, 0.4) is 0 Å². The summed E-state index contributed by atoms with van der Waals surface area (Å²) in [4.78, 5) is 27.8. The molecule has 0 spiro atoms. The lowest BCUT2D eigenvalue weighted by atomic mass is 10.1. The highest BCUT2D eigenvalue weighted by molar-refractivity contribution is 9.10. The second-order valence-corrected chi connectivity index (χ2v) is 10.1. The number of ether oxygens (including phenoxy) is 1. The summed E-state index contributed by atoms with van der Waals surface area (Å²) in [5.74, 6) is 1.76. The SMILES string of the molecule is COc1ccc(CSCC(=O)N(Cc2cccc(Br)c2)[C@@H](C)C(=O)NC2CCCC2)cc1. The van der Waals surface area contributed by atoms with Crippen LogP contribution in [0.2, 0.25) is 0 Å². The van der Waals surface area contributed by atoms with Gasteiger partial charge >= 0.3 is 0 Å². The summed E-state index contributed by atoms with van der Waals surface area (Å²) in [6.45, 7) is 2.23. The number of rotatable bonds is 10.